The molecule has 0 bridgehead atoms. The van der Waals surface area contributed by atoms with Gasteiger partial charge in [-0.3, -0.25) is 9.59 Å². The quantitative estimate of drug-likeness (QED) is 0.0825. The zero-order chi connectivity index (χ0) is 30.8. The Bertz CT molecular complexity index is 1850. The summed E-state index contributed by atoms with van der Waals surface area (Å²) in [6.45, 7) is 4.63. The van der Waals surface area contributed by atoms with Crippen molar-refractivity contribution < 1.29 is 45.2 Å². The van der Waals surface area contributed by atoms with Gasteiger partial charge >= 0.3 is 5.97 Å². The third-order valence-electron chi connectivity index (χ3n) is 6.25. The fourth-order valence-corrected chi connectivity index (χ4v) is 6.03. The summed E-state index contributed by atoms with van der Waals surface area (Å²) in [4.78, 5) is 37.1. The fourth-order valence-electron chi connectivity index (χ4n) is 4.23. The molecule has 42 heavy (non-hydrogen) atoms. The van der Waals surface area contributed by atoms with Crippen molar-refractivity contribution in [1.82, 2.24) is 0 Å². The lowest BCUT2D eigenvalue weighted by Crippen LogP contribution is -2.25. The van der Waals surface area contributed by atoms with Gasteiger partial charge in [-0.15, -0.1) is 0 Å². The standard InChI is InChI=1S/C28H26N2O10S2/c1-16(2)28(33)40-11-10-39-12-13-41(34,35)18-7-5-6-17(14-18)30-21-15-22(42(36,37)38)25(29)24-23(21)26(31)19-8-3-4-9-20(19)27(24)32/h3-9,14-15,30H,1,10-13,29H2,2H3,(H,36,37,38)/p-1. The van der Waals surface area contributed by atoms with Crippen LogP contribution < -0.4 is 11.1 Å². The lowest BCUT2D eigenvalue weighted by Gasteiger charge is -2.25. The zero-order valence-electron chi connectivity index (χ0n) is 22.2. The van der Waals surface area contributed by atoms with Gasteiger partial charge in [0, 0.05) is 22.4 Å². The van der Waals surface area contributed by atoms with Gasteiger partial charge in [0.15, 0.2) is 21.4 Å². The van der Waals surface area contributed by atoms with Crippen LogP contribution in [0.4, 0.5) is 17.1 Å². The Balaban J connectivity index is 1.62. The summed E-state index contributed by atoms with van der Waals surface area (Å²) in [5, 5.41) is 2.79. The second kappa shape index (κ2) is 11.9. The van der Waals surface area contributed by atoms with Crippen LogP contribution in [0.5, 0.6) is 0 Å². The Morgan fingerprint density at radius 3 is 2.19 bits per heavy atom. The Kier molecular flexibility index (Phi) is 8.63. The van der Waals surface area contributed by atoms with E-state index < -0.39 is 59.4 Å². The molecule has 0 saturated heterocycles. The summed E-state index contributed by atoms with van der Waals surface area (Å²) >= 11 is 0. The maximum atomic E-state index is 13.5. The predicted octanol–water partition coefficient (Wildman–Crippen LogP) is 2.60. The maximum Gasteiger partial charge on any atom is 0.333 e. The Hall–Kier alpha value is -4.37. The number of hydrogen-bond acceptors (Lipinski definition) is 12. The number of sulfone groups is 1. The molecule has 3 N–H and O–H groups in total. The van der Waals surface area contributed by atoms with E-state index in [1.807, 2.05) is 0 Å². The number of fused-ring (bicyclic) bond motifs is 2. The highest BCUT2D eigenvalue weighted by molar-refractivity contribution is 7.91. The molecule has 1 aliphatic carbocycles. The predicted molar refractivity (Wildman–Crippen MR) is 150 cm³/mol. The summed E-state index contributed by atoms with van der Waals surface area (Å²) in [6.07, 6.45) is 0. The highest BCUT2D eigenvalue weighted by Crippen LogP contribution is 2.40. The number of rotatable bonds is 11. The SMILES string of the molecule is C=C(C)C(=O)OCCOCCS(=O)(=O)c1cccc(Nc2cc(S(=O)(=O)[O-])c(N)c3c2C(=O)c2ccccc2C3=O)c1. The van der Waals surface area contributed by atoms with Crippen LogP contribution in [0.1, 0.15) is 38.8 Å². The lowest BCUT2D eigenvalue weighted by atomic mass is 9.82. The van der Waals surface area contributed by atoms with Gasteiger partial charge in [-0.2, -0.15) is 0 Å². The first-order valence-electron chi connectivity index (χ1n) is 12.3. The van der Waals surface area contributed by atoms with Crippen LogP contribution >= 0.6 is 0 Å². The number of esters is 1. The van der Waals surface area contributed by atoms with E-state index in [0.29, 0.717) is 0 Å². The number of nitrogens with two attached hydrogens (primary N) is 1. The van der Waals surface area contributed by atoms with E-state index in [1.54, 1.807) is 6.07 Å². The molecular formula is C28H25N2O10S2-. The van der Waals surface area contributed by atoms with Crippen LogP contribution in [0.15, 0.2) is 76.5 Å². The Labute approximate surface area is 241 Å². The maximum absolute atomic E-state index is 13.5. The summed E-state index contributed by atoms with van der Waals surface area (Å²) < 4.78 is 72.0. The van der Waals surface area contributed by atoms with Gasteiger partial charge in [0.25, 0.3) is 0 Å². The van der Waals surface area contributed by atoms with Gasteiger partial charge in [0.05, 0.1) is 51.3 Å². The molecule has 0 aromatic heterocycles. The lowest BCUT2D eigenvalue weighted by molar-refractivity contribution is -0.140. The van der Waals surface area contributed by atoms with E-state index in [1.165, 1.54) is 49.4 Å². The molecule has 4 rings (SSSR count). The van der Waals surface area contributed by atoms with Gasteiger partial charge in [-0.1, -0.05) is 36.9 Å². The van der Waals surface area contributed by atoms with E-state index in [2.05, 4.69) is 11.9 Å². The van der Waals surface area contributed by atoms with E-state index in [9.17, 15) is 35.8 Å². The first-order valence-corrected chi connectivity index (χ1v) is 15.4. The molecule has 1 aliphatic rings. The van der Waals surface area contributed by atoms with Crippen molar-refractivity contribution in [2.45, 2.75) is 16.7 Å². The van der Waals surface area contributed by atoms with Crippen molar-refractivity contribution in [2.24, 2.45) is 0 Å². The summed E-state index contributed by atoms with van der Waals surface area (Å²) in [7, 11) is -9.06. The van der Waals surface area contributed by atoms with Crippen LogP contribution in [0, 0.1) is 0 Å². The molecule has 0 unspecified atom stereocenters. The van der Waals surface area contributed by atoms with Crippen LogP contribution in [0.25, 0.3) is 0 Å². The number of anilines is 3. The molecule has 0 fully saturated rings. The van der Waals surface area contributed by atoms with Crippen LogP contribution in [0.3, 0.4) is 0 Å². The zero-order valence-corrected chi connectivity index (χ0v) is 23.8. The average Bonchev–Trinajstić information content (AvgIpc) is 2.93. The summed E-state index contributed by atoms with van der Waals surface area (Å²) in [6, 6.07) is 12.2. The minimum atomic E-state index is -5.18. The third-order valence-corrected chi connectivity index (χ3v) is 8.80. The molecule has 3 aromatic carbocycles. The minimum absolute atomic E-state index is 0.00242. The number of nitrogens with one attached hydrogen (secondary N) is 1. The second-order valence-corrected chi connectivity index (χ2v) is 12.7. The normalized spacial score (nSPS) is 12.8. The topological polar surface area (TPSA) is 199 Å². The monoisotopic (exact) mass is 613 g/mol. The average molecular weight is 614 g/mol. The molecule has 0 atom stereocenters. The molecule has 220 valence electrons. The molecule has 14 heteroatoms. The molecule has 0 saturated carbocycles. The van der Waals surface area contributed by atoms with Crippen molar-refractivity contribution in [3.63, 3.8) is 0 Å². The van der Waals surface area contributed by atoms with Crippen molar-refractivity contribution in [2.75, 3.05) is 36.6 Å². The smallest absolute Gasteiger partial charge is 0.333 e. The highest BCUT2D eigenvalue weighted by Gasteiger charge is 2.35. The van der Waals surface area contributed by atoms with Crippen LogP contribution in [-0.4, -0.2) is 64.5 Å². The van der Waals surface area contributed by atoms with Gasteiger partial charge in [-0.05, 0) is 31.2 Å². The molecular weight excluding hydrogens is 588 g/mol. The number of ketones is 2. The second-order valence-electron chi connectivity index (χ2n) is 9.24. The minimum Gasteiger partial charge on any atom is -0.744 e. The Morgan fingerprint density at radius 2 is 1.57 bits per heavy atom. The molecule has 0 amide bonds. The number of benzene rings is 3. The fraction of sp³-hybridized carbons (Fsp3) is 0.179. The van der Waals surface area contributed by atoms with Crippen molar-refractivity contribution in [1.29, 1.82) is 0 Å². The van der Waals surface area contributed by atoms with Crippen molar-refractivity contribution in [3.05, 3.63) is 89.0 Å². The van der Waals surface area contributed by atoms with Gasteiger partial charge in [-0.25, -0.2) is 21.6 Å². The van der Waals surface area contributed by atoms with E-state index in [-0.39, 0.29) is 58.4 Å². The number of carbonyl (C=O) groups excluding carboxylic acids is 3. The summed E-state index contributed by atoms with van der Waals surface area (Å²) in [5.41, 5.74) is 4.78. The van der Waals surface area contributed by atoms with Gasteiger partial charge in [0.1, 0.15) is 16.7 Å². The van der Waals surface area contributed by atoms with Crippen molar-refractivity contribution in [3.8, 4) is 0 Å². The number of hydrogen-bond donors (Lipinski definition) is 2. The van der Waals surface area contributed by atoms with E-state index >= 15 is 0 Å². The van der Waals surface area contributed by atoms with E-state index in [4.69, 9.17) is 15.2 Å². The third kappa shape index (κ3) is 6.26. The van der Waals surface area contributed by atoms with Gasteiger partial charge < -0.3 is 25.1 Å². The molecule has 0 heterocycles. The molecule has 0 radical (unpaired) electrons. The molecule has 12 nitrogen and oxygen atoms in total. The first kappa shape index (κ1) is 30.6. The Morgan fingerprint density at radius 1 is 0.929 bits per heavy atom. The van der Waals surface area contributed by atoms with Crippen LogP contribution in [-0.2, 0) is 34.2 Å². The molecule has 3 aromatic rings. The largest absolute Gasteiger partial charge is 0.744 e. The van der Waals surface area contributed by atoms with E-state index in [0.717, 1.165) is 6.07 Å². The number of ether oxygens (including phenoxy) is 2. The van der Waals surface area contributed by atoms with Crippen LogP contribution in [0.2, 0.25) is 0 Å². The van der Waals surface area contributed by atoms with Crippen molar-refractivity contribution >= 4 is 54.6 Å². The first-order chi connectivity index (χ1) is 19.7. The number of nitrogen functional groups attached to an aromatic ring is 1. The highest BCUT2D eigenvalue weighted by atomic mass is 32.2. The molecule has 0 spiro atoms. The summed E-state index contributed by atoms with van der Waals surface area (Å²) in [5.74, 6) is -2.38. The number of carbonyl (C=O) groups is 3. The van der Waals surface area contributed by atoms with Gasteiger partial charge in [0.2, 0.25) is 0 Å². The molecule has 0 aliphatic heterocycles.